The Balaban J connectivity index is 1.67. The number of carbonyl (C=O) groups excluding carboxylic acids is 1. The van der Waals surface area contributed by atoms with Crippen LogP contribution < -0.4 is 10.1 Å². The minimum Gasteiger partial charge on any atom is -0.435 e. The second-order valence-electron chi connectivity index (χ2n) is 4.87. The van der Waals surface area contributed by atoms with Gasteiger partial charge in [0.15, 0.2) is 0 Å². The van der Waals surface area contributed by atoms with Crippen molar-refractivity contribution in [2.45, 2.75) is 17.9 Å². The molecule has 0 unspecified atom stereocenters. The Labute approximate surface area is 148 Å². The Kier molecular flexibility index (Phi) is 7.34. The van der Waals surface area contributed by atoms with E-state index in [4.69, 9.17) is 11.6 Å². The highest BCUT2D eigenvalue weighted by molar-refractivity contribution is 8.00. The van der Waals surface area contributed by atoms with Gasteiger partial charge in [-0.25, -0.2) is 0 Å². The molecular weight excluding hydrogens is 356 g/mol. The highest BCUT2D eigenvalue weighted by atomic mass is 35.5. The third-order valence-corrected chi connectivity index (χ3v) is 4.33. The van der Waals surface area contributed by atoms with E-state index < -0.39 is 6.61 Å². The largest absolute Gasteiger partial charge is 0.435 e. The van der Waals surface area contributed by atoms with E-state index in [0.29, 0.717) is 23.7 Å². The molecule has 1 amide bonds. The molecule has 2 aromatic rings. The first kappa shape index (κ1) is 18.5. The normalized spacial score (nSPS) is 10.7. The Bertz CT molecular complexity index is 651. The summed E-state index contributed by atoms with van der Waals surface area (Å²) in [5, 5.41) is 3.48. The summed E-state index contributed by atoms with van der Waals surface area (Å²) in [4.78, 5) is 12.8. The highest BCUT2D eigenvalue weighted by Crippen LogP contribution is 2.20. The van der Waals surface area contributed by atoms with Crippen molar-refractivity contribution in [1.82, 2.24) is 5.32 Å². The van der Waals surface area contributed by atoms with Crippen LogP contribution in [0.5, 0.6) is 5.75 Å². The van der Waals surface area contributed by atoms with E-state index in [-0.39, 0.29) is 11.7 Å². The lowest BCUT2D eigenvalue weighted by atomic mass is 10.1. The maximum absolute atomic E-state index is 12.0. The minimum absolute atomic E-state index is 0.0624. The molecule has 0 aliphatic heterocycles. The van der Waals surface area contributed by atoms with Crippen molar-refractivity contribution in [2.75, 3.05) is 12.3 Å². The molecule has 0 saturated carbocycles. The molecule has 3 nitrogen and oxygen atoms in total. The molecule has 0 aromatic heterocycles. The molecule has 0 atom stereocenters. The summed E-state index contributed by atoms with van der Waals surface area (Å²) in [6.45, 7) is -2.34. The third-order valence-electron chi connectivity index (χ3n) is 3.07. The summed E-state index contributed by atoms with van der Waals surface area (Å²) < 4.78 is 28.4. The molecule has 0 heterocycles. The van der Waals surface area contributed by atoms with Crippen molar-refractivity contribution in [1.29, 1.82) is 0 Å². The summed E-state index contributed by atoms with van der Waals surface area (Å²) in [5.74, 6) is 0.382. The summed E-state index contributed by atoms with van der Waals surface area (Å²) >= 11 is 7.23. The number of amides is 1. The number of alkyl halides is 2. The van der Waals surface area contributed by atoms with Gasteiger partial charge in [0.1, 0.15) is 5.75 Å². The van der Waals surface area contributed by atoms with Gasteiger partial charge in [0.25, 0.3) is 0 Å². The molecule has 1 N–H and O–H groups in total. The first-order valence-corrected chi connectivity index (χ1v) is 8.58. The second-order valence-corrected chi connectivity index (χ2v) is 6.35. The van der Waals surface area contributed by atoms with Gasteiger partial charge >= 0.3 is 6.61 Å². The Hall–Kier alpha value is -1.79. The number of hydrogen-bond acceptors (Lipinski definition) is 3. The molecule has 0 radical (unpaired) electrons. The molecule has 0 aliphatic carbocycles. The third kappa shape index (κ3) is 6.76. The van der Waals surface area contributed by atoms with Gasteiger partial charge in [0, 0.05) is 16.5 Å². The van der Waals surface area contributed by atoms with Crippen LogP contribution in [0.3, 0.4) is 0 Å². The van der Waals surface area contributed by atoms with Gasteiger partial charge in [-0.2, -0.15) is 8.78 Å². The zero-order chi connectivity index (χ0) is 17.4. The van der Waals surface area contributed by atoms with Crippen LogP contribution in [0.2, 0.25) is 5.02 Å². The number of ether oxygens (including phenoxy) is 1. The van der Waals surface area contributed by atoms with Gasteiger partial charge in [-0.3, -0.25) is 4.79 Å². The molecule has 0 fully saturated rings. The van der Waals surface area contributed by atoms with E-state index in [1.54, 1.807) is 24.3 Å². The number of hydrogen-bond donors (Lipinski definition) is 1. The summed E-state index contributed by atoms with van der Waals surface area (Å²) in [6.07, 6.45) is 0.617. The van der Waals surface area contributed by atoms with E-state index in [0.717, 1.165) is 10.5 Å². The zero-order valence-corrected chi connectivity index (χ0v) is 14.2. The Morgan fingerprint density at radius 2 is 1.79 bits per heavy atom. The van der Waals surface area contributed by atoms with Crippen LogP contribution in [0.4, 0.5) is 8.78 Å². The molecule has 0 spiro atoms. The van der Waals surface area contributed by atoms with Crippen molar-refractivity contribution in [2.24, 2.45) is 0 Å². The molecule has 128 valence electrons. The molecule has 0 bridgehead atoms. The fourth-order valence-electron chi connectivity index (χ4n) is 1.91. The van der Waals surface area contributed by atoms with Gasteiger partial charge in [-0.05, 0) is 48.4 Å². The predicted octanol–water partition coefficient (Wildman–Crippen LogP) is 4.39. The van der Waals surface area contributed by atoms with Crippen LogP contribution in [-0.2, 0) is 11.2 Å². The topological polar surface area (TPSA) is 38.3 Å². The van der Waals surface area contributed by atoms with Crippen molar-refractivity contribution in [3.63, 3.8) is 0 Å². The number of halogens is 3. The van der Waals surface area contributed by atoms with E-state index in [1.807, 2.05) is 12.1 Å². The van der Waals surface area contributed by atoms with Crippen LogP contribution in [0.15, 0.2) is 53.4 Å². The van der Waals surface area contributed by atoms with Gasteiger partial charge in [0.2, 0.25) is 5.91 Å². The molecule has 0 saturated heterocycles. The predicted molar refractivity (Wildman–Crippen MR) is 92.0 cm³/mol. The van der Waals surface area contributed by atoms with Gasteiger partial charge in [0.05, 0.1) is 5.75 Å². The number of thioether (sulfide) groups is 1. The summed E-state index contributed by atoms with van der Waals surface area (Å²) in [6, 6.07) is 13.7. The van der Waals surface area contributed by atoms with Gasteiger partial charge in [-0.15, -0.1) is 11.8 Å². The average Bonchev–Trinajstić information content (AvgIpc) is 2.55. The monoisotopic (exact) mass is 371 g/mol. The van der Waals surface area contributed by atoms with Crippen molar-refractivity contribution in [3.05, 3.63) is 59.1 Å². The quantitative estimate of drug-likeness (QED) is 0.699. The molecule has 2 rings (SSSR count). The molecule has 7 heteroatoms. The fraction of sp³-hybridized carbons (Fsp3) is 0.235. The van der Waals surface area contributed by atoms with Crippen molar-refractivity contribution < 1.29 is 18.3 Å². The molecule has 24 heavy (non-hydrogen) atoms. The number of rotatable bonds is 8. The number of carbonyl (C=O) groups is 1. The Morgan fingerprint density at radius 3 is 2.42 bits per heavy atom. The van der Waals surface area contributed by atoms with Crippen LogP contribution in [0.25, 0.3) is 0 Å². The van der Waals surface area contributed by atoms with E-state index >= 15 is 0 Å². The van der Waals surface area contributed by atoms with E-state index in [1.165, 1.54) is 23.9 Å². The average molecular weight is 372 g/mol. The zero-order valence-electron chi connectivity index (χ0n) is 12.7. The number of benzene rings is 2. The lowest BCUT2D eigenvalue weighted by Gasteiger charge is -2.07. The minimum atomic E-state index is -2.83. The van der Waals surface area contributed by atoms with Crippen LogP contribution in [-0.4, -0.2) is 24.8 Å². The van der Waals surface area contributed by atoms with E-state index in [2.05, 4.69) is 10.1 Å². The lowest BCUT2D eigenvalue weighted by Crippen LogP contribution is -2.27. The van der Waals surface area contributed by atoms with Crippen molar-refractivity contribution >= 4 is 29.3 Å². The van der Waals surface area contributed by atoms with Crippen molar-refractivity contribution in [3.8, 4) is 5.75 Å². The van der Waals surface area contributed by atoms with Crippen LogP contribution >= 0.6 is 23.4 Å². The maximum Gasteiger partial charge on any atom is 0.387 e. The van der Waals surface area contributed by atoms with E-state index in [9.17, 15) is 13.6 Å². The SMILES string of the molecule is O=C(CSc1ccc(Cl)cc1)NCCc1ccc(OC(F)F)cc1. The maximum atomic E-state index is 12.0. The summed E-state index contributed by atoms with van der Waals surface area (Å²) in [7, 11) is 0. The van der Waals surface area contributed by atoms with Crippen LogP contribution in [0.1, 0.15) is 5.56 Å². The fourth-order valence-corrected chi connectivity index (χ4v) is 2.77. The highest BCUT2D eigenvalue weighted by Gasteiger charge is 2.05. The van der Waals surface area contributed by atoms with Gasteiger partial charge < -0.3 is 10.1 Å². The molecular formula is C17H16ClF2NO2S. The first-order valence-electron chi connectivity index (χ1n) is 7.22. The Morgan fingerprint density at radius 1 is 1.12 bits per heavy atom. The first-order chi connectivity index (χ1) is 11.5. The standard InChI is InChI=1S/C17H16ClF2NO2S/c18-13-3-7-15(8-4-13)24-11-16(22)21-10-9-12-1-5-14(6-2-12)23-17(19)20/h1-8,17H,9-11H2,(H,21,22). The van der Waals surface area contributed by atoms with Gasteiger partial charge in [-0.1, -0.05) is 23.7 Å². The number of nitrogens with one attached hydrogen (secondary N) is 1. The second kappa shape index (κ2) is 9.49. The molecule has 0 aliphatic rings. The lowest BCUT2D eigenvalue weighted by molar-refractivity contribution is -0.118. The van der Waals surface area contributed by atoms with Crippen LogP contribution in [0, 0.1) is 0 Å². The smallest absolute Gasteiger partial charge is 0.387 e. The summed E-state index contributed by atoms with van der Waals surface area (Å²) in [5.41, 5.74) is 0.933. The molecule has 2 aromatic carbocycles.